The molecule has 0 radical (unpaired) electrons. The summed E-state index contributed by atoms with van der Waals surface area (Å²) in [6.07, 6.45) is 2.61. The zero-order chi connectivity index (χ0) is 31.5. The second kappa shape index (κ2) is 13.5. The molecule has 4 heterocycles. The Balaban J connectivity index is 1.33. The van der Waals surface area contributed by atoms with Crippen LogP contribution in [0.2, 0.25) is 5.02 Å². The maximum absolute atomic E-state index is 13.8. The number of anilines is 2. The number of carbonyl (C=O) groups is 1. The molecule has 0 bridgehead atoms. The van der Waals surface area contributed by atoms with E-state index in [0.717, 1.165) is 47.1 Å². The molecule has 9 nitrogen and oxygen atoms in total. The molecule has 3 aliphatic rings. The van der Waals surface area contributed by atoms with Crippen molar-refractivity contribution in [3.05, 3.63) is 65.1 Å². The zero-order valence-corrected chi connectivity index (χ0v) is 25.9. The highest BCUT2D eigenvalue weighted by Gasteiger charge is 2.35. The first-order valence-electron chi connectivity index (χ1n) is 15.4. The molecule has 2 aromatic carbocycles. The Morgan fingerprint density at radius 1 is 1.11 bits per heavy atom. The lowest BCUT2D eigenvalue weighted by molar-refractivity contribution is -0.131. The normalized spacial score (nSPS) is 20.3. The first-order chi connectivity index (χ1) is 21.9. The minimum atomic E-state index is -1.04. The average molecular weight is 636 g/mol. The van der Waals surface area contributed by atoms with E-state index in [9.17, 15) is 18.8 Å². The van der Waals surface area contributed by atoms with Crippen LogP contribution in [0, 0.1) is 11.3 Å². The van der Waals surface area contributed by atoms with Crippen molar-refractivity contribution >= 4 is 39.8 Å². The standard InChI is InChI=1S/C33H36ClF2N7O2/c1-22(36)32(44)43-18-17-42(19-24(43)10-13-37)31-26-11-15-41(29-9-3-6-23-5-2-8-27(34)30(23)29)20-28(26)38-33(39-31)45-21-25-7-4-14-40(25)16-12-35/h2-3,5-6,8-9,24-25H,1,4,7,10-12,14-21H2. The molecule has 2 fully saturated rings. The summed E-state index contributed by atoms with van der Waals surface area (Å²) >= 11 is 6.68. The molecule has 0 spiro atoms. The van der Waals surface area contributed by atoms with Crippen molar-refractivity contribution in [3.8, 4) is 12.1 Å². The number of hydrogen-bond donors (Lipinski definition) is 0. The van der Waals surface area contributed by atoms with E-state index in [1.54, 1.807) is 0 Å². The molecule has 2 unspecified atom stereocenters. The minimum absolute atomic E-state index is 0.0495. The van der Waals surface area contributed by atoms with E-state index >= 15 is 0 Å². The number of aromatic nitrogens is 2. The minimum Gasteiger partial charge on any atom is -0.462 e. The smallest absolute Gasteiger partial charge is 0.318 e. The van der Waals surface area contributed by atoms with Crippen molar-refractivity contribution in [2.45, 2.75) is 44.3 Å². The molecule has 12 heteroatoms. The van der Waals surface area contributed by atoms with E-state index in [0.29, 0.717) is 56.6 Å². The van der Waals surface area contributed by atoms with Crippen LogP contribution in [-0.2, 0) is 17.8 Å². The summed E-state index contributed by atoms with van der Waals surface area (Å²) in [5.74, 6) is -1.13. The number of ether oxygens (including phenoxy) is 1. The van der Waals surface area contributed by atoms with E-state index in [1.807, 2.05) is 30.3 Å². The van der Waals surface area contributed by atoms with Gasteiger partial charge in [0.15, 0.2) is 5.83 Å². The highest BCUT2D eigenvalue weighted by atomic mass is 35.5. The third kappa shape index (κ3) is 6.40. The quantitative estimate of drug-likeness (QED) is 0.301. The maximum atomic E-state index is 13.8. The first-order valence-corrected chi connectivity index (χ1v) is 15.8. The van der Waals surface area contributed by atoms with Gasteiger partial charge in [0.05, 0.1) is 35.8 Å². The molecule has 0 N–H and O–H groups in total. The van der Waals surface area contributed by atoms with Gasteiger partial charge < -0.3 is 19.4 Å². The molecule has 3 aliphatic heterocycles. The molecule has 6 rings (SSSR count). The fourth-order valence-corrected chi connectivity index (χ4v) is 7.15. The fourth-order valence-electron chi connectivity index (χ4n) is 6.87. The molecule has 2 saturated heterocycles. The van der Waals surface area contributed by atoms with Gasteiger partial charge in [0.25, 0.3) is 5.91 Å². The van der Waals surface area contributed by atoms with Crippen molar-refractivity contribution in [2.24, 2.45) is 0 Å². The van der Waals surface area contributed by atoms with Crippen LogP contribution in [-0.4, -0.2) is 90.3 Å². The highest BCUT2D eigenvalue weighted by molar-refractivity contribution is 6.36. The summed E-state index contributed by atoms with van der Waals surface area (Å²) in [6.45, 7) is 6.47. The van der Waals surface area contributed by atoms with Crippen LogP contribution in [0.3, 0.4) is 0 Å². The van der Waals surface area contributed by atoms with Gasteiger partial charge in [-0.3, -0.25) is 9.69 Å². The van der Waals surface area contributed by atoms with Crippen LogP contribution in [0.15, 0.2) is 48.8 Å². The number of nitrogens with zero attached hydrogens (tertiary/aromatic N) is 7. The third-order valence-electron chi connectivity index (χ3n) is 9.07. The molecule has 1 amide bonds. The van der Waals surface area contributed by atoms with Crippen molar-refractivity contribution in [1.29, 1.82) is 5.26 Å². The number of amides is 1. The van der Waals surface area contributed by atoms with Crippen molar-refractivity contribution in [3.63, 3.8) is 0 Å². The molecular weight excluding hydrogens is 600 g/mol. The lowest BCUT2D eigenvalue weighted by Crippen LogP contribution is -2.55. The number of likely N-dealkylation sites (tertiary alicyclic amines) is 1. The Bertz CT molecular complexity index is 1630. The number of carbonyl (C=O) groups excluding carboxylic acids is 1. The lowest BCUT2D eigenvalue weighted by atomic mass is 10.0. The van der Waals surface area contributed by atoms with Crippen LogP contribution < -0.4 is 14.5 Å². The maximum Gasteiger partial charge on any atom is 0.318 e. The van der Waals surface area contributed by atoms with Gasteiger partial charge in [-0.05, 0) is 43.3 Å². The van der Waals surface area contributed by atoms with E-state index in [4.69, 9.17) is 26.3 Å². The Hall–Kier alpha value is -4.01. The van der Waals surface area contributed by atoms with Crippen LogP contribution in [0.4, 0.5) is 20.3 Å². The van der Waals surface area contributed by atoms with Crippen LogP contribution in [0.1, 0.15) is 30.5 Å². The Morgan fingerprint density at radius 2 is 1.93 bits per heavy atom. The fraction of sp³-hybridized carbons (Fsp3) is 0.455. The molecule has 0 aliphatic carbocycles. The van der Waals surface area contributed by atoms with Gasteiger partial charge in [0.2, 0.25) is 0 Å². The molecule has 2 atom stereocenters. The SMILES string of the molecule is C=C(F)C(=O)N1CCN(c2nc(OCC3CCCN3CCF)nc3c2CCN(c2cccc4cccc(Cl)c24)C3)CC1CC#N. The number of hydrogen-bond acceptors (Lipinski definition) is 8. The Labute approximate surface area is 266 Å². The number of rotatable bonds is 9. The van der Waals surface area contributed by atoms with Crippen LogP contribution in [0.5, 0.6) is 6.01 Å². The molecule has 236 valence electrons. The zero-order valence-electron chi connectivity index (χ0n) is 25.1. The Morgan fingerprint density at radius 3 is 2.71 bits per heavy atom. The van der Waals surface area contributed by atoms with Gasteiger partial charge in [-0.25, -0.2) is 8.78 Å². The monoisotopic (exact) mass is 635 g/mol. The summed E-state index contributed by atoms with van der Waals surface area (Å²) in [6, 6.07) is 14.0. The molecule has 0 saturated carbocycles. The summed E-state index contributed by atoms with van der Waals surface area (Å²) in [7, 11) is 0. The van der Waals surface area contributed by atoms with E-state index in [2.05, 4.69) is 33.4 Å². The first kappa shape index (κ1) is 31.0. The van der Waals surface area contributed by atoms with E-state index in [1.165, 1.54) is 4.90 Å². The molecule has 3 aromatic rings. The lowest BCUT2D eigenvalue weighted by Gasteiger charge is -2.42. The number of benzene rings is 2. The summed E-state index contributed by atoms with van der Waals surface area (Å²) in [4.78, 5) is 30.1. The van der Waals surface area contributed by atoms with Gasteiger partial charge in [-0.2, -0.15) is 15.2 Å². The molecular formula is C33H36ClF2N7O2. The number of fused-ring (bicyclic) bond motifs is 2. The summed E-state index contributed by atoms with van der Waals surface area (Å²) in [5.41, 5.74) is 2.83. The van der Waals surface area contributed by atoms with E-state index < -0.39 is 24.5 Å². The average Bonchev–Trinajstić information content (AvgIpc) is 3.50. The van der Waals surface area contributed by atoms with Gasteiger partial charge in [0.1, 0.15) is 19.1 Å². The second-order valence-corrected chi connectivity index (χ2v) is 12.1. The van der Waals surface area contributed by atoms with E-state index in [-0.39, 0.29) is 25.0 Å². The predicted octanol–water partition coefficient (Wildman–Crippen LogP) is 5.07. The second-order valence-electron chi connectivity index (χ2n) is 11.7. The van der Waals surface area contributed by atoms with Crippen LogP contribution in [0.25, 0.3) is 10.8 Å². The largest absolute Gasteiger partial charge is 0.462 e. The van der Waals surface area contributed by atoms with Crippen molar-refractivity contribution in [1.82, 2.24) is 19.8 Å². The van der Waals surface area contributed by atoms with Gasteiger partial charge in [-0.15, -0.1) is 0 Å². The predicted molar refractivity (Wildman–Crippen MR) is 170 cm³/mol. The Kier molecular flexibility index (Phi) is 9.33. The number of halogens is 3. The number of piperazine rings is 1. The number of nitriles is 1. The van der Waals surface area contributed by atoms with Crippen molar-refractivity contribution in [2.75, 3.05) is 62.3 Å². The van der Waals surface area contributed by atoms with Gasteiger partial charge >= 0.3 is 6.01 Å². The number of alkyl halides is 1. The van der Waals surface area contributed by atoms with Crippen LogP contribution >= 0.6 is 11.6 Å². The van der Waals surface area contributed by atoms with Gasteiger partial charge in [0, 0.05) is 55.4 Å². The third-order valence-corrected chi connectivity index (χ3v) is 9.39. The molecule has 1 aromatic heterocycles. The topological polar surface area (TPSA) is 88.8 Å². The molecule has 45 heavy (non-hydrogen) atoms. The summed E-state index contributed by atoms with van der Waals surface area (Å²) in [5, 5.41) is 12.2. The van der Waals surface area contributed by atoms with Crippen molar-refractivity contribution < 1.29 is 18.3 Å². The van der Waals surface area contributed by atoms with Gasteiger partial charge in [-0.1, -0.05) is 42.4 Å². The summed E-state index contributed by atoms with van der Waals surface area (Å²) < 4.78 is 33.2. The highest BCUT2D eigenvalue weighted by Crippen LogP contribution is 2.37.